The summed E-state index contributed by atoms with van der Waals surface area (Å²) in [5.74, 6) is 0.285. The van der Waals surface area contributed by atoms with Crippen molar-refractivity contribution in [2.45, 2.75) is 32.3 Å². The molecule has 2 aliphatic heterocycles. The molecule has 0 aliphatic carbocycles. The zero-order valence-corrected chi connectivity index (χ0v) is 18.4. The van der Waals surface area contributed by atoms with Gasteiger partial charge in [-0.2, -0.15) is 0 Å². The molecule has 0 unspecified atom stereocenters. The van der Waals surface area contributed by atoms with Crippen LogP contribution < -0.4 is 15.1 Å². The normalized spacial score (nSPS) is 20.1. The number of para-hydroxylation sites is 1. The lowest BCUT2D eigenvalue weighted by Crippen LogP contribution is -2.44. The molecular weight excluding hydrogens is 374 g/mol. The minimum absolute atomic E-state index is 0.0455. The second-order valence-electron chi connectivity index (χ2n) is 8.81. The van der Waals surface area contributed by atoms with E-state index in [1.807, 2.05) is 17.0 Å². The van der Waals surface area contributed by atoms with E-state index in [2.05, 4.69) is 60.5 Å². The molecule has 2 aromatic carbocycles. The summed E-state index contributed by atoms with van der Waals surface area (Å²) in [6.45, 7) is 8.95. The predicted molar refractivity (Wildman–Crippen MR) is 122 cm³/mol. The van der Waals surface area contributed by atoms with E-state index in [1.165, 1.54) is 11.3 Å². The molecule has 5 heteroatoms. The van der Waals surface area contributed by atoms with E-state index >= 15 is 0 Å². The van der Waals surface area contributed by atoms with Gasteiger partial charge in [-0.15, -0.1) is 0 Å². The van der Waals surface area contributed by atoms with Gasteiger partial charge in [-0.25, -0.2) is 0 Å². The van der Waals surface area contributed by atoms with Gasteiger partial charge in [0, 0.05) is 57.1 Å². The molecule has 0 bridgehead atoms. The number of carbonyl (C=O) groups excluding carboxylic acids is 1. The van der Waals surface area contributed by atoms with Crippen molar-refractivity contribution in [3.05, 3.63) is 59.7 Å². The first-order valence-electron chi connectivity index (χ1n) is 11.0. The summed E-state index contributed by atoms with van der Waals surface area (Å²) in [7, 11) is 1.72. The van der Waals surface area contributed by atoms with Crippen LogP contribution in [-0.4, -0.2) is 45.7 Å². The van der Waals surface area contributed by atoms with Crippen molar-refractivity contribution < 1.29 is 9.53 Å². The first kappa shape index (κ1) is 20.9. The Morgan fingerprint density at radius 2 is 1.73 bits per heavy atom. The number of ether oxygens (including phenoxy) is 1. The Balaban J connectivity index is 1.47. The van der Waals surface area contributed by atoms with Crippen molar-refractivity contribution in [2.75, 3.05) is 49.6 Å². The van der Waals surface area contributed by atoms with Crippen LogP contribution in [0.3, 0.4) is 0 Å². The molecule has 0 saturated carbocycles. The van der Waals surface area contributed by atoms with E-state index < -0.39 is 0 Å². The maximum absolute atomic E-state index is 13.2. The van der Waals surface area contributed by atoms with Crippen molar-refractivity contribution in [1.29, 1.82) is 0 Å². The average molecular weight is 408 g/mol. The van der Waals surface area contributed by atoms with E-state index in [0.717, 1.165) is 56.8 Å². The van der Waals surface area contributed by atoms with Crippen LogP contribution in [0.25, 0.3) is 0 Å². The fourth-order valence-electron chi connectivity index (χ4n) is 4.51. The molecule has 160 valence electrons. The lowest BCUT2D eigenvalue weighted by atomic mass is 9.96. The Labute approximate surface area is 180 Å². The second kappa shape index (κ2) is 8.78. The van der Waals surface area contributed by atoms with Gasteiger partial charge in [-0.1, -0.05) is 30.3 Å². The van der Waals surface area contributed by atoms with Crippen LogP contribution >= 0.6 is 0 Å². The molecule has 1 N–H and O–H groups in total. The number of piperazine rings is 1. The minimum atomic E-state index is -0.330. The molecule has 2 aliphatic rings. The van der Waals surface area contributed by atoms with Gasteiger partial charge in [0.15, 0.2) is 0 Å². The number of anilines is 2. The van der Waals surface area contributed by atoms with Gasteiger partial charge in [0.25, 0.3) is 0 Å². The lowest BCUT2D eigenvalue weighted by molar-refractivity contribution is -0.120. The summed E-state index contributed by atoms with van der Waals surface area (Å²) in [4.78, 5) is 17.6. The van der Waals surface area contributed by atoms with Gasteiger partial charge in [0.1, 0.15) is 0 Å². The molecule has 2 fully saturated rings. The molecule has 4 rings (SSSR count). The number of nitrogens with one attached hydrogen (secondary N) is 1. The van der Waals surface area contributed by atoms with Gasteiger partial charge in [0.2, 0.25) is 5.91 Å². The SMILES string of the molecule is COC(C)(C)c1ccc(N2CC[C@@H](Cc3ccccc3N3CCNCC3)C2=O)cc1. The van der Waals surface area contributed by atoms with Crippen LogP contribution in [0, 0.1) is 5.92 Å². The first-order valence-corrected chi connectivity index (χ1v) is 11.0. The zero-order chi connectivity index (χ0) is 21.1. The molecule has 2 saturated heterocycles. The predicted octanol–water partition coefficient (Wildman–Crippen LogP) is 3.57. The van der Waals surface area contributed by atoms with Crippen LogP contribution in [0.5, 0.6) is 0 Å². The van der Waals surface area contributed by atoms with Crippen LogP contribution in [0.1, 0.15) is 31.4 Å². The number of benzene rings is 2. The number of methoxy groups -OCH3 is 1. The van der Waals surface area contributed by atoms with Crippen LogP contribution in [-0.2, 0) is 21.6 Å². The fraction of sp³-hybridized carbons (Fsp3) is 0.480. The Morgan fingerprint density at radius 3 is 2.43 bits per heavy atom. The number of nitrogens with zero attached hydrogens (tertiary/aromatic N) is 2. The van der Waals surface area contributed by atoms with Crippen molar-refractivity contribution in [3.63, 3.8) is 0 Å². The maximum atomic E-state index is 13.2. The highest BCUT2D eigenvalue weighted by atomic mass is 16.5. The third-order valence-electron chi connectivity index (χ3n) is 6.62. The third kappa shape index (κ3) is 4.23. The Morgan fingerprint density at radius 1 is 1.03 bits per heavy atom. The minimum Gasteiger partial charge on any atom is -0.374 e. The van der Waals surface area contributed by atoms with Gasteiger partial charge >= 0.3 is 0 Å². The van der Waals surface area contributed by atoms with Crippen LogP contribution in [0.15, 0.2) is 48.5 Å². The molecule has 2 aromatic rings. The van der Waals surface area contributed by atoms with E-state index in [-0.39, 0.29) is 17.4 Å². The highest BCUT2D eigenvalue weighted by molar-refractivity contribution is 5.97. The molecule has 2 heterocycles. The van der Waals surface area contributed by atoms with Gasteiger partial charge in [0.05, 0.1) is 5.60 Å². The highest BCUT2D eigenvalue weighted by Crippen LogP contribution is 2.32. The van der Waals surface area contributed by atoms with Crippen molar-refractivity contribution in [1.82, 2.24) is 5.32 Å². The van der Waals surface area contributed by atoms with Crippen molar-refractivity contribution >= 4 is 17.3 Å². The number of carbonyl (C=O) groups is 1. The average Bonchev–Trinajstić information content (AvgIpc) is 3.15. The first-order chi connectivity index (χ1) is 14.5. The van der Waals surface area contributed by atoms with Gasteiger partial charge in [-0.05, 0) is 56.0 Å². The monoisotopic (exact) mass is 407 g/mol. The maximum Gasteiger partial charge on any atom is 0.230 e. The largest absolute Gasteiger partial charge is 0.374 e. The number of rotatable bonds is 6. The van der Waals surface area contributed by atoms with E-state index in [9.17, 15) is 4.79 Å². The lowest BCUT2D eigenvalue weighted by Gasteiger charge is -2.31. The summed E-state index contributed by atoms with van der Waals surface area (Å²) in [5.41, 5.74) is 4.34. The number of hydrogen-bond donors (Lipinski definition) is 1. The highest BCUT2D eigenvalue weighted by Gasteiger charge is 2.33. The molecule has 0 radical (unpaired) electrons. The quantitative estimate of drug-likeness (QED) is 0.795. The standard InChI is InChI=1S/C25H33N3O2/c1-25(2,30-3)21-8-10-22(11-9-21)28-15-12-20(24(28)29)18-19-6-4-5-7-23(19)27-16-13-26-14-17-27/h4-11,20,26H,12-18H2,1-3H3/t20-/m0/s1. The van der Waals surface area contributed by atoms with Crippen molar-refractivity contribution in [2.24, 2.45) is 5.92 Å². The summed E-state index contributed by atoms with van der Waals surface area (Å²) in [6.07, 6.45) is 1.71. The number of amides is 1. The molecule has 0 spiro atoms. The third-order valence-corrected chi connectivity index (χ3v) is 6.62. The molecule has 30 heavy (non-hydrogen) atoms. The smallest absolute Gasteiger partial charge is 0.230 e. The van der Waals surface area contributed by atoms with E-state index in [4.69, 9.17) is 4.74 Å². The van der Waals surface area contributed by atoms with Crippen LogP contribution in [0.4, 0.5) is 11.4 Å². The Bertz CT molecular complexity index is 872. The summed E-state index contributed by atoms with van der Waals surface area (Å²) in [6, 6.07) is 16.8. The molecule has 0 aromatic heterocycles. The van der Waals surface area contributed by atoms with E-state index in [0.29, 0.717) is 0 Å². The molecule has 1 amide bonds. The molecular formula is C25H33N3O2. The summed E-state index contributed by atoms with van der Waals surface area (Å²) >= 11 is 0. The number of hydrogen-bond acceptors (Lipinski definition) is 4. The van der Waals surface area contributed by atoms with Gasteiger partial charge in [-0.3, -0.25) is 4.79 Å². The fourth-order valence-corrected chi connectivity index (χ4v) is 4.51. The molecule has 5 nitrogen and oxygen atoms in total. The zero-order valence-electron chi connectivity index (χ0n) is 18.4. The molecule has 1 atom stereocenters. The second-order valence-corrected chi connectivity index (χ2v) is 8.81. The van der Waals surface area contributed by atoms with Crippen LogP contribution in [0.2, 0.25) is 0 Å². The Kier molecular flexibility index (Phi) is 6.11. The van der Waals surface area contributed by atoms with Gasteiger partial charge < -0.3 is 19.9 Å². The van der Waals surface area contributed by atoms with E-state index in [1.54, 1.807) is 7.11 Å². The van der Waals surface area contributed by atoms with Crippen molar-refractivity contribution in [3.8, 4) is 0 Å². The Hall–Kier alpha value is -2.37. The topological polar surface area (TPSA) is 44.8 Å². The summed E-state index contributed by atoms with van der Waals surface area (Å²) < 4.78 is 5.57. The summed E-state index contributed by atoms with van der Waals surface area (Å²) in [5, 5.41) is 3.41.